The fourth-order valence-corrected chi connectivity index (χ4v) is 12.2. The largest absolute Gasteiger partial charge is 0.305 e. The molecule has 1 unspecified atom stereocenters. The molecule has 1 atom stereocenters. The molecule has 0 saturated carbocycles. The maximum atomic E-state index is 4.95. The van der Waals surface area contributed by atoms with E-state index in [1.54, 1.807) is 0 Å². The summed E-state index contributed by atoms with van der Waals surface area (Å²) in [5, 5.41) is 0. The molecule has 3 nitrogen and oxygen atoms in total. The van der Waals surface area contributed by atoms with Crippen LogP contribution in [0.2, 0.25) is 0 Å². The van der Waals surface area contributed by atoms with Crippen LogP contribution < -0.4 is 0 Å². The summed E-state index contributed by atoms with van der Waals surface area (Å²) in [5.74, 6) is 261. The second-order valence-electron chi connectivity index (χ2n) is 32.4. The zero-order valence-electron chi connectivity index (χ0n) is 83.6. The number of likely N-dealkylation sites (tertiary alicyclic amines) is 1. The fourth-order valence-electron chi connectivity index (χ4n) is 12.2. The summed E-state index contributed by atoms with van der Waals surface area (Å²) in [6, 6.07) is 0. The highest BCUT2D eigenvalue weighted by atomic mass is 15.4. The van der Waals surface area contributed by atoms with Gasteiger partial charge in [0.05, 0.1) is 0 Å². The zero-order chi connectivity index (χ0) is 106. The molecule has 4 heterocycles. The van der Waals surface area contributed by atoms with Gasteiger partial charge < -0.3 is 4.90 Å². The van der Waals surface area contributed by atoms with Gasteiger partial charge in [0.15, 0.2) is 0 Å². The van der Waals surface area contributed by atoms with Gasteiger partial charge >= 0.3 is 0 Å². The van der Waals surface area contributed by atoms with Gasteiger partial charge in [0.1, 0.15) is 0 Å². The van der Waals surface area contributed by atoms with Crippen LogP contribution in [0.15, 0.2) is 0 Å². The second-order valence-corrected chi connectivity index (χ2v) is 32.4. The molecule has 4 aliphatic rings. The Balaban J connectivity index is 0.00000437. The van der Waals surface area contributed by atoms with Gasteiger partial charge in [0, 0.05) is 554 Å². The smallest absolute Gasteiger partial charge is 0.0213 e. The summed E-state index contributed by atoms with van der Waals surface area (Å²) in [6.45, 7) is 44.9. The Morgan fingerprint density at radius 1 is 0.181 bits per heavy atom. The summed E-state index contributed by atoms with van der Waals surface area (Å²) >= 11 is 0. The summed E-state index contributed by atoms with van der Waals surface area (Å²) in [5.41, 5.74) is 3.09. The van der Waals surface area contributed by atoms with Crippen LogP contribution >= 0.6 is 0 Å². The van der Waals surface area contributed by atoms with Gasteiger partial charge in [0.25, 0.3) is 0 Å². The van der Waals surface area contributed by atoms with Crippen molar-refractivity contribution < 1.29 is 0 Å². The van der Waals surface area contributed by atoms with Crippen molar-refractivity contribution in [1.29, 1.82) is 0 Å². The van der Waals surface area contributed by atoms with Crippen LogP contribution in [-0.2, 0) is 0 Å². The Hall–Kier alpha value is -23.4. The van der Waals surface area contributed by atoms with Crippen LogP contribution in [0.5, 0.6) is 0 Å². The number of terminal acetylenes is 2. The monoisotopic (exact) mass is 1810 g/mol. The molecule has 0 aliphatic carbocycles. The Labute approximate surface area is 864 Å². The first-order valence-corrected chi connectivity index (χ1v) is 41.8. The van der Waals surface area contributed by atoms with Gasteiger partial charge in [-0.3, -0.25) is 9.80 Å². The minimum absolute atomic E-state index is 0.333. The van der Waals surface area contributed by atoms with Crippen molar-refractivity contribution >= 4 is 0 Å². The van der Waals surface area contributed by atoms with Crippen molar-refractivity contribution in [2.75, 3.05) is 21.1 Å². The number of fused-ring (bicyclic) bond motifs is 1. The van der Waals surface area contributed by atoms with E-state index < -0.39 is 0 Å². The quantitative estimate of drug-likeness (QED) is 0.256. The molecule has 4 saturated heterocycles. The lowest BCUT2D eigenvalue weighted by molar-refractivity contribution is -0.168. The number of rotatable bonds is 2. The van der Waals surface area contributed by atoms with E-state index in [1.807, 2.05) is 0 Å². The summed E-state index contributed by atoms with van der Waals surface area (Å²) < 4.78 is 0. The predicted molar refractivity (Wildman–Crippen MR) is 586 cm³/mol. The highest BCUT2D eigenvalue weighted by Gasteiger charge is 2.75. The van der Waals surface area contributed by atoms with Gasteiger partial charge in [-0.2, -0.15) is 0 Å². The van der Waals surface area contributed by atoms with Crippen LogP contribution in [0, 0.1) is 657 Å². The van der Waals surface area contributed by atoms with E-state index in [1.165, 1.54) is 12.8 Å². The van der Waals surface area contributed by atoms with Crippen LogP contribution in [0.1, 0.15) is 144 Å². The second kappa shape index (κ2) is 76.1. The van der Waals surface area contributed by atoms with Gasteiger partial charge in [0.2, 0.25) is 0 Å². The highest BCUT2D eigenvalue weighted by Crippen LogP contribution is 2.68. The van der Waals surface area contributed by atoms with Gasteiger partial charge in [-0.05, 0) is 247 Å². The number of hydrogen-bond donors (Lipinski definition) is 0. The van der Waals surface area contributed by atoms with E-state index in [-0.39, 0.29) is 0 Å². The lowest BCUT2D eigenvalue weighted by Crippen LogP contribution is -2.74. The van der Waals surface area contributed by atoms with Crippen molar-refractivity contribution in [2.24, 2.45) is 28.6 Å². The van der Waals surface area contributed by atoms with Crippen molar-refractivity contribution in [2.45, 2.75) is 178 Å². The molecule has 3 heteroatoms. The number of nitrogens with zero attached hydrogens (tertiary/aromatic N) is 3. The molecular weight excluding hydrogens is 1740 g/mol. The van der Waals surface area contributed by atoms with Crippen molar-refractivity contribution in [3.8, 4) is 629 Å². The molecule has 0 aromatic carbocycles. The Morgan fingerprint density at radius 3 is 0.361 bits per heavy atom. The first kappa shape index (κ1) is 121. The van der Waals surface area contributed by atoms with Gasteiger partial charge in [-0.1, -0.05) is 41.5 Å². The van der Waals surface area contributed by atoms with Crippen molar-refractivity contribution in [3.63, 3.8) is 0 Å². The molecule has 0 spiro atoms. The van der Waals surface area contributed by atoms with Gasteiger partial charge in [-0.25, -0.2) is 0 Å². The van der Waals surface area contributed by atoms with Crippen LogP contribution in [-0.4, -0.2) is 69.1 Å². The minimum Gasteiger partial charge on any atom is -0.305 e. The molecule has 0 aromatic heterocycles. The maximum absolute atomic E-state index is 4.95. The average molecular weight is 1810 g/mol. The fraction of sp³-hybridized carbons (Fsp3) is 0.248. The van der Waals surface area contributed by atoms with E-state index in [4.69, 9.17) is 12.8 Å². The molecule has 0 radical (unpaired) electrons. The van der Waals surface area contributed by atoms with E-state index in [0.29, 0.717) is 44.1 Å². The standard InChI is InChI=1S/C106H2.C16H31N.C13H27N.C6H15N/c1-3-5-7-9-11-13-15-17-19-21-23-25-27-29-31-33-35-37-39-41-43-45-47-49-51-53-55-57-59-61-63-65-67-69-71-73-75-77-79-81-83-85-87-89-91-93-95-97-99-101-103-105-106-104-102-100-98-96-94-92-90-88-86-84-82-80-78-76-74-72-70-68-66-64-62-60-58-56-54-52-50-48-46-44-42-40-38-36-34-32-30-28-26-24-22-20-18-16-14-12-10-8-6-4-2;1-13(2,3)10-11-12-15(6,7)17(14(11,4)5)16(12,8)9;1-11(2,3)9-10-12(4,5)14(8)13(10,6)7;1-6(2,3)7(4)5/h1-2H;11-12H,10H2,1-9H3;10H,9H2,1-8H3;1-5H3. The van der Waals surface area contributed by atoms with Crippen molar-refractivity contribution in [3.05, 3.63) is 0 Å². The van der Waals surface area contributed by atoms with E-state index in [0.717, 1.165) is 17.8 Å². The molecule has 4 fully saturated rings. The first-order valence-electron chi connectivity index (χ1n) is 41.8. The average Bonchev–Trinajstić information content (AvgIpc) is 1.48. The molecule has 0 N–H and O–H groups in total. The predicted octanol–water partition coefficient (Wildman–Crippen LogP) is 9.63. The summed E-state index contributed by atoms with van der Waals surface area (Å²) in [7, 11) is 6.42. The van der Waals surface area contributed by atoms with Crippen LogP contribution in [0.4, 0.5) is 0 Å². The normalized spacial score (nSPS) is 11.0. The lowest BCUT2D eigenvalue weighted by atomic mass is 9.58. The molecule has 4 rings (SSSR count). The molecule has 144 heavy (non-hydrogen) atoms. The molecule has 4 aliphatic heterocycles. The van der Waals surface area contributed by atoms with E-state index >= 15 is 0 Å². The first-order chi connectivity index (χ1) is 69.2. The Morgan fingerprint density at radius 2 is 0.285 bits per heavy atom. The summed E-state index contributed by atoms with van der Waals surface area (Å²) in [4.78, 5) is 7.47. The molecule has 2 bridgehead atoms. The molecular formula is C141H75N3. The molecule has 0 amide bonds. The topological polar surface area (TPSA) is 9.72 Å². The third-order valence-corrected chi connectivity index (χ3v) is 17.4. The zero-order valence-corrected chi connectivity index (χ0v) is 83.6. The third-order valence-electron chi connectivity index (χ3n) is 17.4. The Bertz CT molecular complexity index is 8470. The highest BCUT2D eigenvalue weighted by molar-refractivity contribution is 5.57. The number of hydrogen-bond acceptors (Lipinski definition) is 3. The van der Waals surface area contributed by atoms with E-state index in [2.05, 4.69) is 783 Å². The Kier molecular flexibility index (Phi) is 63.8. The molecule has 654 valence electrons. The van der Waals surface area contributed by atoms with Gasteiger partial charge in [-0.15, -0.1) is 12.8 Å². The molecule has 0 aromatic rings. The SMILES string of the molecule is C#CC#CC#CC#CC#CC#CC#CC#CC#CC#CC#CC#CC#CC#CC#CC#CC#CC#CC#CC#CC#CC#CC#CC#CC#CC#CC#CC#CC#CC#CC#CC#CC#CC#CC#CC#CC#CC#CC#CC#CC#CC#CC#CC#CC#CC#CC#CC#CC#CC#CC#CC#CC#C.CC(C)(C)CC1C2C(C)(C)N(C1(C)C)C2(C)C.CN(C)C(C)(C)C.CN1C(C)(C)C(CC(C)(C)C)C1(C)C. The lowest BCUT2D eigenvalue weighted by Gasteiger charge is -2.67. The van der Waals surface area contributed by atoms with Crippen LogP contribution in [0.25, 0.3) is 0 Å². The third kappa shape index (κ3) is 64.4. The van der Waals surface area contributed by atoms with Crippen LogP contribution in [0.3, 0.4) is 0 Å². The van der Waals surface area contributed by atoms with E-state index in [9.17, 15) is 0 Å². The van der Waals surface area contributed by atoms with Crippen molar-refractivity contribution in [1.82, 2.24) is 14.7 Å². The maximum Gasteiger partial charge on any atom is 0.0213 e. The summed E-state index contributed by atoms with van der Waals surface area (Å²) in [6.07, 6.45) is 12.6. The minimum atomic E-state index is 0.333.